The third-order valence-electron chi connectivity index (χ3n) is 3.12. The molecule has 8 nitrogen and oxygen atoms in total. The molecule has 0 aliphatic rings. The molecule has 3 heterocycles. The first-order valence-corrected chi connectivity index (χ1v) is 6.16. The monoisotopic (exact) mass is 279 g/mol. The van der Waals surface area contributed by atoms with Gasteiger partial charge in [-0.1, -0.05) is 35.5 Å². The molecule has 0 radical (unpaired) electrons. The predicted molar refractivity (Wildman–Crippen MR) is 73.9 cm³/mol. The minimum atomic E-state index is 0.277. The van der Waals surface area contributed by atoms with Crippen LogP contribution in [0.1, 0.15) is 0 Å². The second-order valence-electron chi connectivity index (χ2n) is 4.35. The average molecular weight is 279 g/mol. The summed E-state index contributed by atoms with van der Waals surface area (Å²) in [5.74, 6) is 0.585. The van der Waals surface area contributed by atoms with Crippen LogP contribution in [0, 0.1) is 0 Å². The molecule has 0 atom stereocenters. The molecule has 0 unspecified atom stereocenters. The number of nitrogen functional groups attached to an aromatic ring is 1. The highest BCUT2D eigenvalue weighted by Crippen LogP contribution is 2.26. The van der Waals surface area contributed by atoms with E-state index < -0.39 is 0 Å². The Labute approximate surface area is 118 Å². The van der Waals surface area contributed by atoms with Gasteiger partial charge in [-0.3, -0.25) is 0 Å². The Kier molecular flexibility index (Phi) is 2.40. The smallest absolute Gasteiger partial charge is 0.226 e. The summed E-state index contributed by atoms with van der Waals surface area (Å²) in [7, 11) is 0. The van der Waals surface area contributed by atoms with Crippen LogP contribution in [0.3, 0.4) is 0 Å². The Bertz CT molecular complexity index is 899. The van der Waals surface area contributed by atoms with Crippen LogP contribution in [0.25, 0.3) is 28.3 Å². The van der Waals surface area contributed by atoms with Crippen LogP contribution in [0.15, 0.2) is 47.4 Å². The maximum absolute atomic E-state index is 6.08. The Morgan fingerprint density at radius 1 is 1.10 bits per heavy atom. The van der Waals surface area contributed by atoms with Gasteiger partial charge in [0.05, 0.1) is 6.20 Å². The quantitative estimate of drug-likeness (QED) is 0.591. The fourth-order valence-corrected chi connectivity index (χ4v) is 2.12. The molecule has 0 aliphatic carbocycles. The highest BCUT2D eigenvalue weighted by molar-refractivity contribution is 5.79. The predicted octanol–water partition coefficient (Wildman–Crippen LogP) is 1.42. The van der Waals surface area contributed by atoms with E-state index in [0.29, 0.717) is 17.2 Å². The van der Waals surface area contributed by atoms with Gasteiger partial charge in [0.2, 0.25) is 12.2 Å². The lowest BCUT2D eigenvalue weighted by Crippen LogP contribution is -2.06. The molecule has 0 spiro atoms. The fourth-order valence-electron chi connectivity index (χ4n) is 2.12. The van der Waals surface area contributed by atoms with Crippen molar-refractivity contribution >= 4 is 11.5 Å². The van der Waals surface area contributed by atoms with Crippen LogP contribution in [-0.4, -0.2) is 30.0 Å². The van der Waals surface area contributed by atoms with Gasteiger partial charge in [0.25, 0.3) is 0 Å². The summed E-state index contributed by atoms with van der Waals surface area (Å²) < 4.78 is 6.21. The third-order valence-corrected chi connectivity index (χ3v) is 3.12. The van der Waals surface area contributed by atoms with Crippen molar-refractivity contribution < 1.29 is 4.52 Å². The van der Waals surface area contributed by atoms with E-state index >= 15 is 0 Å². The molecule has 0 bridgehead atoms. The molecule has 2 N–H and O–H groups in total. The van der Waals surface area contributed by atoms with Crippen molar-refractivity contribution in [3.8, 4) is 22.6 Å². The molecule has 1 aromatic carbocycles. The number of fused-ring (bicyclic) bond motifs is 1. The number of nitrogens with zero attached hydrogens (tertiary/aromatic N) is 6. The van der Waals surface area contributed by atoms with Crippen molar-refractivity contribution in [1.82, 2.24) is 30.0 Å². The molecule has 0 fully saturated rings. The van der Waals surface area contributed by atoms with Gasteiger partial charge in [0.15, 0.2) is 17.2 Å². The molecule has 0 aliphatic heterocycles. The lowest BCUT2D eigenvalue weighted by molar-refractivity contribution is 0.418. The summed E-state index contributed by atoms with van der Waals surface area (Å²) in [6.45, 7) is 0. The van der Waals surface area contributed by atoms with Crippen molar-refractivity contribution in [3.63, 3.8) is 0 Å². The molecule has 4 aromatic rings. The van der Waals surface area contributed by atoms with Crippen molar-refractivity contribution in [2.24, 2.45) is 0 Å². The summed E-state index contributed by atoms with van der Waals surface area (Å²) in [5, 5.41) is 16.2. The number of aromatic nitrogens is 6. The molecule has 0 amide bonds. The van der Waals surface area contributed by atoms with Crippen molar-refractivity contribution in [1.29, 1.82) is 0 Å². The molecule has 4 rings (SSSR count). The van der Waals surface area contributed by atoms with Gasteiger partial charge >= 0.3 is 0 Å². The molecule has 102 valence electrons. The normalized spacial score (nSPS) is 11.0. The minimum Gasteiger partial charge on any atom is -0.382 e. The number of benzene rings is 1. The maximum Gasteiger partial charge on any atom is 0.226 e. The number of anilines is 1. The lowest BCUT2D eigenvalue weighted by atomic mass is 10.1. The van der Waals surface area contributed by atoms with Crippen LogP contribution in [-0.2, 0) is 0 Å². The number of hydrogen-bond donors (Lipinski definition) is 1. The van der Waals surface area contributed by atoms with Crippen LogP contribution < -0.4 is 5.73 Å². The van der Waals surface area contributed by atoms with E-state index in [9.17, 15) is 0 Å². The van der Waals surface area contributed by atoms with E-state index in [4.69, 9.17) is 10.3 Å². The summed E-state index contributed by atoms with van der Waals surface area (Å²) in [4.78, 5) is 3.92. The molecule has 0 saturated carbocycles. The largest absolute Gasteiger partial charge is 0.382 e. The van der Waals surface area contributed by atoms with Crippen LogP contribution in [0.2, 0.25) is 0 Å². The average Bonchev–Trinajstić information content (AvgIpc) is 3.18. The summed E-state index contributed by atoms with van der Waals surface area (Å²) >= 11 is 0. The topological polar surface area (TPSA) is 108 Å². The number of hydrogen-bond acceptors (Lipinski definition) is 7. The second kappa shape index (κ2) is 4.37. The standard InChI is InChI=1S/C13H9N7O/c14-11-10(12-15-7-21-19-12)17-18-13-9(6-16-20(11)13)8-4-2-1-3-5-8/h1-7H,14H2. The summed E-state index contributed by atoms with van der Waals surface area (Å²) in [5.41, 5.74) is 8.84. The number of nitrogens with two attached hydrogens (primary N) is 1. The van der Waals surface area contributed by atoms with E-state index in [0.717, 1.165) is 11.1 Å². The maximum atomic E-state index is 6.08. The van der Waals surface area contributed by atoms with E-state index in [-0.39, 0.29) is 5.82 Å². The summed E-state index contributed by atoms with van der Waals surface area (Å²) in [6, 6.07) is 9.79. The third kappa shape index (κ3) is 1.73. The van der Waals surface area contributed by atoms with Gasteiger partial charge in [-0.05, 0) is 5.56 Å². The lowest BCUT2D eigenvalue weighted by Gasteiger charge is -2.02. The van der Waals surface area contributed by atoms with E-state index in [1.54, 1.807) is 6.20 Å². The highest BCUT2D eigenvalue weighted by atomic mass is 16.5. The van der Waals surface area contributed by atoms with Gasteiger partial charge in [0.1, 0.15) is 0 Å². The fraction of sp³-hybridized carbons (Fsp3) is 0. The van der Waals surface area contributed by atoms with E-state index in [1.165, 1.54) is 10.9 Å². The van der Waals surface area contributed by atoms with Crippen LogP contribution in [0.4, 0.5) is 5.82 Å². The Morgan fingerprint density at radius 2 is 1.95 bits per heavy atom. The Morgan fingerprint density at radius 3 is 2.71 bits per heavy atom. The minimum absolute atomic E-state index is 0.277. The van der Waals surface area contributed by atoms with Crippen molar-refractivity contribution in [2.75, 3.05) is 5.73 Å². The van der Waals surface area contributed by atoms with Crippen molar-refractivity contribution in [2.45, 2.75) is 0 Å². The van der Waals surface area contributed by atoms with E-state index in [1.807, 2.05) is 30.3 Å². The Hall–Kier alpha value is -3.29. The Balaban J connectivity index is 1.94. The first-order chi connectivity index (χ1) is 10.3. The first-order valence-electron chi connectivity index (χ1n) is 6.16. The SMILES string of the molecule is Nc1c(-c2ncon2)nnc2c(-c3ccccc3)cnn12. The van der Waals surface area contributed by atoms with Crippen LogP contribution >= 0.6 is 0 Å². The zero-order chi connectivity index (χ0) is 14.2. The first kappa shape index (κ1) is 11.5. The van der Waals surface area contributed by atoms with Gasteiger partial charge < -0.3 is 10.3 Å². The molecule has 21 heavy (non-hydrogen) atoms. The molecular weight excluding hydrogens is 270 g/mol. The number of rotatable bonds is 2. The second-order valence-corrected chi connectivity index (χ2v) is 4.35. The molecule has 8 heteroatoms. The zero-order valence-electron chi connectivity index (χ0n) is 10.7. The van der Waals surface area contributed by atoms with Gasteiger partial charge in [-0.15, -0.1) is 10.2 Å². The zero-order valence-corrected chi connectivity index (χ0v) is 10.7. The van der Waals surface area contributed by atoms with Gasteiger partial charge in [-0.2, -0.15) is 14.6 Å². The van der Waals surface area contributed by atoms with Crippen LogP contribution in [0.5, 0.6) is 0 Å². The van der Waals surface area contributed by atoms with Gasteiger partial charge in [-0.25, -0.2) is 0 Å². The van der Waals surface area contributed by atoms with E-state index in [2.05, 4.69) is 25.4 Å². The highest BCUT2D eigenvalue weighted by Gasteiger charge is 2.17. The molecular formula is C13H9N7O. The summed E-state index contributed by atoms with van der Waals surface area (Å²) in [6.07, 6.45) is 2.91. The molecule has 3 aromatic heterocycles. The molecule has 0 saturated heterocycles. The van der Waals surface area contributed by atoms with Crippen molar-refractivity contribution in [3.05, 3.63) is 42.9 Å². The van der Waals surface area contributed by atoms with Gasteiger partial charge in [0, 0.05) is 5.56 Å².